The molecule has 0 spiro atoms. The third kappa shape index (κ3) is 3.03. The molecule has 0 bridgehead atoms. The largest absolute Gasteiger partial charge is 0.378 e. The van der Waals surface area contributed by atoms with Gasteiger partial charge >= 0.3 is 0 Å². The predicted molar refractivity (Wildman–Crippen MR) is 85.4 cm³/mol. The molecule has 110 valence electrons. The summed E-state index contributed by atoms with van der Waals surface area (Å²) in [6.45, 7) is 0. The highest BCUT2D eigenvalue weighted by Crippen LogP contribution is 2.26. The number of carbonyl (C=O) groups excluding carboxylic acids is 1. The predicted octanol–water partition coefficient (Wildman–Crippen LogP) is 2.88. The van der Waals surface area contributed by atoms with E-state index >= 15 is 0 Å². The number of nitrogens with zero attached hydrogens (tertiary/aromatic N) is 2. The molecule has 5 nitrogen and oxygen atoms in total. The number of amides is 1. The summed E-state index contributed by atoms with van der Waals surface area (Å²) in [6.07, 6.45) is -1.24. The molecule has 0 radical (unpaired) electrons. The first-order valence-corrected chi connectivity index (χ1v) is 7.40. The molecule has 2 aromatic carbocycles. The molecule has 1 unspecified atom stereocenters. The summed E-state index contributed by atoms with van der Waals surface area (Å²) in [4.78, 5) is 12.2. The van der Waals surface area contributed by atoms with E-state index in [9.17, 15) is 9.90 Å². The van der Waals surface area contributed by atoms with Crippen LogP contribution in [-0.2, 0) is 4.79 Å². The average molecular weight is 311 g/mol. The Labute approximate surface area is 131 Å². The second-order valence-corrected chi connectivity index (χ2v) is 5.16. The van der Waals surface area contributed by atoms with E-state index in [-0.39, 0.29) is 0 Å². The van der Waals surface area contributed by atoms with Gasteiger partial charge in [0.2, 0.25) is 0 Å². The second kappa shape index (κ2) is 6.46. The normalized spacial score (nSPS) is 11.9. The zero-order valence-corrected chi connectivity index (χ0v) is 12.3. The van der Waals surface area contributed by atoms with Gasteiger partial charge in [0.1, 0.15) is 5.69 Å². The van der Waals surface area contributed by atoms with Crippen LogP contribution in [0.5, 0.6) is 0 Å². The van der Waals surface area contributed by atoms with Crippen LogP contribution in [0.3, 0.4) is 0 Å². The molecule has 6 heteroatoms. The van der Waals surface area contributed by atoms with Crippen LogP contribution in [0.2, 0.25) is 0 Å². The topological polar surface area (TPSA) is 75.1 Å². The van der Waals surface area contributed by atoms with Crippen molar-refractivity contribution in [3.63, 3.8) is 0 Å². The van der Waals surface area contributed by atoms with E-state index in [1.807, 2.05) is 36.4 Å². The minimum atomic E-state index is -1.24. The van der Waals surface area contributed by atoms with Crippen molar-refractivity contribution in [2.24, 2.45) is 0 Å². The first-order valence-electron chi connectivity index (χ1n) is 6.67. The van der Waals surface area contributed by atoms with Crippen molar-refractivity contribution >= 4 is 23.5 Å². The van der Waals surface area contributed by atoms with Crippen molar-refractivity contribution in [3.8, 4) is 11.3 Å². The van der Waals surface area contributed by atoms with Crippen molar-refractivity contribution in [2.75, 3.05) is 5.32 Å². The van der Waals surface area contributed by atoms with Gasteiger partial charge in [0.15, 0.2) is 11.9 Å². The highest BCUT2D eigenvalue weighted by Gasteiger charge is 2.20. The van der Waals surface area contributed by atoms with E-state index in [1.54, 1.807) is 24.3 Å². The fourth-order valence-corrected chi connectivity index (χ4v) is 2.56. The molecule has 3 aromatic rings. The van der Waals surface area contributed by atoms with Gasteiger partial charge in [-0.05, 0) is 5.56 Å². The summed E-state index contributed by atoms with van der Waals surface area (Å²) in [7, 11) is 0. The van der Waals surface area contributed by atoms with Crippen molar-refractivity contribution in [1.82, 2.24) is 8.75 Å². The number of aliphatic hydroxyl groups is 1. The highest BCUT2D eigenvalue weighted by atomic mass is 32.1. The van der Waals surface area contributed by atoms with Crippen molar-refractivity contribution < 1.29 is 9.90 Å². The van der Waals surface area contributed by atoms with Gasteiger partial charge in [0.25, 0.3) is 5.91 Å². The second-order valence-electron chi connectivity index (χ2n) is 4.63. The van der Waals surface area contributed by atoms with Gasteiger partial charge in [-0.15, -0.1) is 0 Å². The Bertz CT molecular complexity index is 759. The van der Waals surface area contributed by atoms with Crippen LogP contribution in [0.25, 0.3) is 11.3 Å². The molecule has 0 aliphatic rings. The van der Waals surface area contributed by atoms with Crippen LogP contribution in [-0.4, -0.2) is 19.8 Å². The molecule has 0 fully saturated rings. The van der Waals surface area contributed by atoms with E-state index in [4.69, 9.17) is 0 Å². The summed E-state index contributed by atoms with van der Waals surface area (Å²) in [5.74, 6) is -0.174. The lowest BCUT2D eigenvalue weighted by molar-refractivity contribution is -0.124. The van der Waals surface area contributed by atoms with E-state index in [0.29, 0.717) is 17.1 Å². The summed E-state index contributed by atoms with van der Waals surface area (Å²) in [5, 5.41) is 12.7. The molecular formula is C16H13N3O2S. The quantitative estimate of drug-likeness (QED) is 0.777. The Kier molecular flexibility index (Phi) is 4.22. The first-order chi connectivity index (χ1) is 10.8. The van der Waals surface area contributed by atoms with Crippen LogP contribution >= 0.6 is 11.7 Å². The Balaban J connectivity index is 1.80. The van der Waals surface area contributed by atoms with Gasteiger partial charge in [0.05, 0.1) is 11.7 Å². The van der Waals surface area contributed by atoms with Gasteiger partial charge in [-0.3, -0.25) is 4.79 Å². The Morgan fingerprint density at radius 3 is 2.32 bits per heavy atom. The van der Waals surface area contributed by atoms with Crippen molar-refractivity contribution in [3.05, 3.63) is 66.2 Å². The minimum absolute atomic E-state index is 0.358. The molecule has 0 saturated carbocycles. The zero-order valence-electron chi connectivity index (χ0n) is 11.5. The third-order valence-corrected chi connectivity index (χ3v) is 3.67. The number of carbonyl (C=O) groups is 1. The maximum Gasteiger partial charge on any atom is 0.259 e. The fraction of sp³-hybridized carbons (Fsp3) is 0.0625. The van der Waals surface area contributed by atoms with E-state index in [2.05, 4.69) is 14.1 Å². The summed E-state index contributed by atoms with van der Waals surface area (Å²) >= 11 is 1.01. The number of anilines is 1. The molecule has 0 aliphatic heterocycles. The van der Waals surface area contributed by atoms with Gasteiger partial charge in [-0.2, -0.15) is 8.75 Å². The van der Waals surface area contributed by atoms with Crippen LogP contribution < -0.4 is 5.32 Å². The molecule has 1 aromatic heterocycles. The molecule has 1 atom stereocenters. The van der Waals surface area contributed by atoms with Gasteiger partial charge in [0, 0.05) is 5.56 Å². The van der Waals surface area contributed by atoms with Crippen molar-refractivity contribution in [2.45, 2.75) is 6.10 Å². The fourth-order valence-electron chi connectivity index (χ4n) is 2.03. The zero-order chi connectivity index (χ0) is 15.4. The number of rotatable bonds is 4. The Morgan fingerprint density at radius 1 is 1.00 bits per heavy atom. The molecule has 1 heterocycles. The summed E-state index contributed by atoms with van der Waals surface area (Å²) in [6, 6.07) is 18.2. The third-order valence-electron chi connectivity index (χ3n) is 3.14. The molecule has 2 N–H and O–H groups in total. The van der Waals surface area contributed by atoms with E-state index in [1.165, 1.54) is 0 Å². The lowest BCUT2D eigenvalue weighted by Gasteiger charge is -2.10. The first kappa shape index (κ1) is 14.4. The lowest BCUT2D eigenvalue weighted by atomic mass is 10.1. The highest BCUT2D eigenvalue weighted by molar-refractivity contribution is 6.99. The molecular weight excluding hydrogens is 298 g/mol. The van der Waals surface area contributed by atoms with Gasteiger partial charge in [-0.25, -0.2) is 0 Å². The van der Waals surface area contributed by atoms with Crippen LogP contribution in [0.1, 0.15) is 11.7 Å². The minimum Gasteiger partial charge on any atom is -0.378 e. The summed E-state index contributed by atoms with van der Waals surface area (Å²) < 4.78 is 8.30. The maximum absolute atomic E-state index is 12.2. The van der Waals surface area contributed by atoms with Crippen LogP contribution in [0, 0.1) is 0 Å². The summed E-state index contributed by atoms with van der Waals surface area (Å²) in [5.41, 5.74) is 1.99. The Hall–Kier alpha value is -2.57. The van der Waals surface area contributed by atoms with Crippen LogP contribution in [0.15, 0.2) is 60.7 Å². The number of nitrogens with one attached hydrogen (secondary N) is 1. The SMILES string of the molecule is O=C(Nc1nsnc1-c1ccccc1)C(O)c1ccccc1. The monoisotopic (exact) mass is 311 g/mol. The number of aromatic nitrogens is 2. The number of aliphatic hydroxyl groups excluding tert-OH is 1. The van der Waals surface area contributed by atoms with Crippen molar-refractivity contribution in [1.29, 1.82) is 0 Å². The van der Waals surface area contributed by atoms with Gasteiger partial charge < -0.3 is 10.4 Å². The van der Waals surface area contributed by atoms with E-state index < -0.39 is 12.0 Å². The van der Waals surface area contributed by atoms with Gasteiger partial charge in [-0.1, -0.05) is 60.7 Å². The molecule has 0 aliphatic carbocycles. The standard InChI is InChI=1S/C16H13N3O2S/c20-14(12-9-5-2-6-10-12)16(21)17-15-13(18-22-19-15)11-7-3-1-4-8-11/h1-10,14,20H,(H,17,19,21). The average Bonchev–Trinajstić information content (AvgIpc) is 3.04. The molecule has 0 saturated heterocycles. The van der Waals surface area contributed by atoms with E-state index in [0.717, 1.165) is 17.3 Å². The maximum atomic E-state index is 12.2. The molecule has 3 rings (SSSR count). The smallest absolute Gasteiger partial charge is 0.259 e. The Morgan fingerprint density at radius 2 is 1.64 bits per heavy atom. The number of hydrogen-bond acceptors (Lipinski definition) is 5. The van der Waals surface area contributed by atoms with Crippen LogP contribution in [0.4, 0.5) is 5.82 Å². The molecule has 22 heavy (non-hydrogen) atoms. The number of benzene rings is 2. The number of hydrogen-bond donors (Lipinski definition) is 2. The lowest BCUT2D eigenvalue weighted by Crippen LogP contribution is -2.21. The molecule has 1 amide bonds.